The monoisotopic (exact) mass is 224 g/mol. The molecule has 2 aromatic heterocycles. The summed E-state index contributed by atoms with van der Waals surface area (Å²) in [7, 11) is 0. The van der Waals surface area contributed by atoms with Crippen molar-refractivity contribution in [1.82, 2.24) is 14.4 Å². The molecular formula is C14H11N3. The first-order valence-corrected chi connectivity index (χ1v) is 5.44. The largest absolute Gasteiger partial charge is 0.323 e. The maximum absolute atomic E-state index is 7.62. The van der Waals surface area contributed by atoms with E-state index in [0.717, 1.165) is 16.6 Å². The molecule has 0 saturated carbocycles. The van der Waals surface area contributed by atoms with E-state index in [1.807, 2.05) is 34.7 Å². The van der Waals surface area contributed by atoms with E-state index in [1.54, 1.807) is 12.1 Å². The molecule has 17 heavy (non-hydrogen) atoms. The van der Waals surface area contributed by atoms with Gasteiger partial charge in [0.15, 0.2) is 0 Å². The minimum Gasteiger partial charge on any atom is -0.323 e. The van der Waals surface area contributed by atoms with Crippen LogP contribution in [0, 0.1) is 6.85 Å². The Morgan fingerprint density at radius 1 is 1.12 bits per heavy atom. The van der Waals surface area contributed by atoms with E-state index in [-0.39, 0.29) is 5.56 Å². The first-order chi connectivity index (χ1) is 9.55. The van der Waals surface area contributed by atoms with Crippen LogP contribution < -0.4 is 0 Å². The molecule has 3 heteroatoms. The third-order valence-electron chi connectivity index (χ3n) is 3.08. The third kappa shape index (κ3) is 1.03. The van der Waals surface area contributed by atoms with Gasteiger partial charge in [0, 0.05) is 4.11 Å². The fraction of sp³-hybridized carbons (Fsp3) is 0.0714. The number of H-pyrrole nitrogens is 1. The van der Waals surface area contributed by atoms with Crippen LogP contribution in [0.3, 0.4) is 0 Å². The Morgan fingerprint density at radius 3 is 2.94 bits per heavy atom. The van der Waals surface area contributed by atoms with Crippen LogP contribution in [0.4, 0.5) is 0 Å². The maximum Gasteiger partial charge on any atom is 0.213 e. The lowest BCUT2D eigenvalue weighted by Gasteiger charge is -1.95. The van der Waals surface area contributed by atoms with E-state index in [4.69, 9.17) is 4.11 Å². The van der Waals surface area contributed by atoms with Crippen LogP contribution in [-0.4, -0.2) is 14.4 Å². The van der Waals surface area contributed by atoms with Gasteiger partial charge in [-0.25, -0.2) is 4.98 Å². The Bertz CT molecular complexity index is 947. The molecule has 0 aliphatic carbocycles. The number of imidazole rings is 2. The number of nitrogens with one attached hydrogen (secondary N) is 1. The zero-order valence-electron chi connectivity index (χ0n) is 11.9. The molecule has 0 aliphatic heterocycles. The standard InChI is InChI=1S/C14H11N3/c1-9-5-4-8-12-13(9)16-14-15-10-6-2-3-7-11(10)17(12)14/h2-8H,1H3,(H,15,16)/i1D3. The van der Waals surface area contributed by atoms with Gasteiger partial charge in [-0.2, -0.15) is 0 Å². The number of aryl methyl sites for hydroxylation is 1. The molecule has 0 saturated heterocycles. The normalized spacial score (nSPS) is 15.2. The Morgan fingerprint density at radius 2 is 2.00 bits per heavy atom. The van der Waals surface area contributed by atoms with Crippen molar-refractivity contribution in [3.8, 4) is 0 Å². The molecule has 3 nitrogen and oxygen atoms in total. The second-order valence-electron chi connectivity index (χ2n) is 4.09. The molecule has 0 unspecified atom stereocenters. The molecule has 2 aromatic carbocycles. The second kappa shape index (κ2) is 2.88. The van der Waals surface area contributed by atoms with Gasteiger partial charge in [-0.15, -0.1) is 0 Å². The number of benzene rings is 2. The predicted molar refractivity (Wildman–Crippen MR) is 69.3 cm³/mol. The number of aromatic amines is 1. The minimum absolute atomic E-state index is 0.288. The van der Waals surface area contributed by atoms with Crippen molar-refractivity contribution in [3.05, 3.63) is 48.0 Å². The Labute approximate surface area is 102 Å². The molecule has 0 radical (unpaired) electrons. The first kappa shape index (κ1) is 6.45. The second-order valence-corrected chi connectivity index (χ2v) is 4.09. The summed E-state index contributed by atoms with van der Waals surface area (Å²) >= 11 is 0. The lowest BCUT2D eigenvalue weighted by Crippen LogP contribution is -1.80. The summed E-state index contributed by atoms with van der Waals surface area (Å²) in [4.78, 5) is 7.68. The summed E-state index contributed by atoms with van der Waals surface area (Å²) in [6, 6.07) is 13.1. The zero-order valence-corrected chi connectivity index (χ0v) is 8.94. The van der Waals surface area contributed by atoms with Crippen LogP contribution in [0.1, 0.15) is 9.68 Å². The van der Waals surface area contributed by atoms with Crippen LogP contribution in [0.15, 0.2) is 42.5 Å². The summed E-state index contributed by atoms with van der Waals surface area (Å²) < 4.78 is 24.8. The Hall–Kier alpha value is -2.29. The average Bonchev–Trinajstić information content (AvgIpc) is 2.91. The van der Waals surface area contributed by atoms with Crippen molar-refractivity contribution < 1.29 is 4.11 Å². The predicted octanol–water partition coefficient (Wildman–Crippen LogP) is 3.28. The molecule has 1 N–H and O–H groups in total. The first-order valence-electron chi connectivity index (χ1n) is 6.94. The molecule has 0 bridgehead atoms. The van der Waals surface area contributed by atoms with Crippen LogP contribution >= 0.6 is 0 Å². The van der Waals surface area contributed by atoms with E-state index in [1.165, 1.54) is 0 Å². The highest BCUT2D eigenvalue weighted by Gasteiger charge is 2.10. The van der Waals surface area contributed by atoms with Gasteiger partial charge < -0.3 is 4.98 Å². The number of hydrogen-bond donors (Lipinski definition) is 1. The molecule has 0 amide bonds. The summed E-state index contributed by atoms with van der Waals surface area (Å²) in [6.45, 7) is -2.16. The van der Waals surface area contributed by atoms with E-state index in [0.29, 0.717) is 11.3 Å². The SMILES string of the molecule is [2H]C([2H])([2H])c1cccc2c1nc1[nH]c3ccccc3n12. The number of nitrogens with zero attached hydrogens (tertiary/aromatic N) is 2. The molecule has 82 valence electrons. The quantitative estimate of drug-likeness (QED) is 0.488. The van der Waals surface area contributed by atoms with Gasteiger partial charge in [0.1, 0.15) is 0 Å². The van der Waals surface area contributed by atoms with Gasteiger partial charge in [-0.05, 0) is 30.6 Å². The smallest absolute Gasteiger partial charge is 0.213 e. The highest BCUT2D eigenvalue weighted by Crippen LogP contribution is 2.24. The average molecular weight is 224 g/mol. The van der Waals surface area contributed by atoms with Gasteiger partial charge in [0.2, 0.25) is 5.78 Å². The highest BCUT2D eigenvalue weighted by molar-refractivity contribution is 5.90. The lowest BCUT2D eigenvalue weighted by molar-refractivity contribution is 1.28. The van der Waals surface area contributed by atoms with Crippen molar-refractivity contribution in [3.63, 3.8) is 0 Å². The lowest BCUT2D eigenvalue weighted by atomic mass is 10.2. The number of aromatic nitrogens is 3. The molecule has 4 aromatic rings. The fourth-order valence-electron chi connectivity index (χ4n) is 2.32. The zero-order chi connectivity index (χ0) is 13.9. The number of para-hydroxylation sites is 3. The molecule has 0 fully saturated rings. The number of hydrogen-bond acceptors (Lipinski definition) is 1. The van der Waals surface area contributed by atoms with Crippen molar-refractivity contribution in [2.75, 3.05) is 0 Å². The van der Waals surface area contributed by atoms with Crippen LogP contribution in [-0.2, 0) is 0 Å². The van der Waals surface area contributed by atoms with E-state index in [9.17, 15) is 0 Å². The van der Waals surface area contributed by atoms with Gasteiger partial charge in [0.25, 0.3) is 0 Å². The summed E-state index contributed by atoms with van der Waals surface area (Å²) in [5.74, 6) is 0.665. The van der Waals surface area contributed by atoms with Gasteiger partial charge in [-0.1, -0.05) is 24.3 Å². The topological polar surface area (TPSA) is 33.1 Å². The van der Waals surface area contributed by atoms with E-state index >= 15 is 0 Å². The molecule has 4 rings (SSSR count). The van der Waals surface area contributed by atoms with Gasteiger partial charge in [0.05, 0.1) is 22.1 Å². The van der Waals surface area contributed by atoms with E-state index in [2.05, 4.69) is 9.97 Å². The van der Waals surface area contributed by atoms with Gasteiger partial charge in [-0.3, -0.25) is 4.40 Å². The molecule has 0 spiro atoms. The van der Waals surface area contributed by atoms with Crippen LogP contribution in [0.2, 0.25) is 0 Å². The fourth-order valence-corrected chi connectivity index (χ4v) is 2.32. The van der Waals surface area contributed by atoms with Crippen molar-refractivity contribution in [2.45, 2.75) is 6.85 Å². The van der Waals surface area contributed by atoms with Crippen molar-refractivity contribution >= 4 is 27.8 Å². The molecule has 2 heterocycles. The maximum atomic E-state index is 7.62. The third-order valence-corrected chi connectivity index (χ3v) is 3.08. The highest BCUT2D eigenvalue weighted by atomic mass is 15.1. The molecular weight excluding hydrogens is 210 g/mol. The van der Waals surface area contributed by atoms with Crippen molar-refractivity contribution in [1.29, 1.82) is 0 Å². The Kier molecular flexibility index (Phi) is 1.09. The molecule has 0 atom stereocenters. The van der Waals surface area contributed by atoms with Crippen LogP contribution in [0.25, 0.3) is 27.8 Å². The summed E-state index contributed by atoms with van der Waals surface area (Å²) in [6.07, 6.45) is 0. The summed E-state index contributed by atoms with van der Waals surface area (Å²) in [5.41, 5.74) is 3.61. The molecule has 0 aliphatic rings. The van der Waals surface area contributed by atoms with Crippen molar-refractivity contribution in [2.24, 2.45) is 0 Å². The summed E-state index contributed by atoms with van der Waals surface area (Å²) in [5, 5.41) is 0. The van der Waals surface area contributed by atoms with Crippen LogP contribution in [0.5, 0.6) is 0 Å². The van der Waals surface area contributed by atoms with E-state index < -0.39 is 6.85 Å². The van der Waals surface area contributed by atoms with Gasteiger partial charge >= 0.3 is 0 Å². The minimum atomic E-state index is -2.16. The number of fused-ring (bicyclic) bond motifs is 5. The number of rotatable bonds is 0. The Balaban J connectivity index is 2.22.